The van der Waals surface area contributed by atoms with Gasteiger partial charge in [-0.05, 0) is 49.7 Å². The van der Waals surface area contributed by atoms with Crippen LogP contribution in [0.2, 0.25) is 0 Å². The molecule has 0 unspecified atom stereocenters. The zero-order chi connectivity index (χ0) is 14.5. The van der Waals surface area contributed by atoms with Gasteiger partial charge in [-0.2, -0.15) is 0 Å². The highest BCUT2D eigenvalue weighted by Gasteiger charge is 2.11. The predicted molar refractivity (Wildman–Crippen MR) is 77.6 cm³/mol. The van der Waals surface area contributed by atoms with Crippen LogP contribution in [0.25, 0.3) is 0 Å². The third kappa shape index (κ3) is 3.54. The molecule has 106 valence electrons. The number of nitrogens with one attached hydrogen (secondary N) is 1. The quantitative estimate of drug-likeness (QED) is 0.902. The van der Waals surface area contributed by atoms with E-state index in [0.29, 0.717) is 17.9 Å². The summed E-state index contributed by atoms with van der Waals surface area (Å²) < 4.78 is 19.8. The van der Waals surface area contributed by atoms with E-state index in [4.69, 9.17) is 4.74 Å². The van der Waals surface area contributed by atoms with Gasteiger partial charge in [-0.1, -0.05) is 13.0 Å². The lowest BCUT2D eigenvalue weighted by molar-refractivity contribution is 0.417. The third-order valence-corrected chi connectivity index (χ3v) is 2.91. The molecule has 0 bridgehead atoms. The van der Waals surface area contributed by atoms with Gasteiger partial charge in [-0.3, -0.25) is 0 Å². The lowest BCUT2D eigenvalue weighted by atomic mass is 10.1. The molecule has 1 N–H and O–H groups in total. The van der Waals surface area contributed by atoms with Gasteiger partial charge in [-0.25, -0.2) is 9.37 Å². The monoisotopic (exact) mass is 274 g/mol. The van der Waals surface area contributed by atoms with E-state index < -0.39 is 5.82 Å². The largest absolute Gasteiger partial charge is 0.436 e. The summed E-state index contributed by atoms with van der Waals surface area (Å²) in [6.45, 7) is 7.19. The molecule has 0 aliphatic carbocycles. The molecule has 0 atom stereocenters. The standard InChI is InChI=1S/C16H19FN2O/c1-4-18-10-13-5-6-19-16(15(13)17)20-14-8-11(2)7-12(3)9-14/h5-9,18H,4,10H2,1-3H3. The van der Waals surface area contributed by atoms with Gasteiger partial charge in [0, 0.05) is 18.3 Å². The fraction of sp³-hybridized carbons (Fsp3) is 0.312. The van der Waals surface area contributed by atoms with Crippen LogP contribution >= 0.6 is 0 Å². The van der Waals surface area contributed by atoms with Crippen molar-refractivity contribution >= 4 is 0 Å². The molecule has 0 aliphatic rings. The van der Waals surface area contributed by atoms with Crippen molar-refractivity contribution in [2.75, 3.05) is 6.54 Å². The molecule has 1 aromatic heterocycles. The Labute approximate surface area is 118 Å². The van der Waals surface area contributed by atoms with E-state index in [2.05, 4.69) is 10.3 Å². The molecular weight excluding hydrogens is 255 g/mol. The summed E-state index contributed by atoms with van der Waals surface area (Å²) in [6, 6.07) is 7.43. The van der Waals surface area contributed by atoms with Crippen LogP contribution in [0.1, 0.15) is 23.6 Å². The van der Waals surface area contributed by atoms with Gasteiger partial charge in [0.1, 0.15) is 5.75 Å². The molecule has 0 amide bonds. The number of ether oxygens (including phenoxy) is 1. The van der Waals surface area contributed by atoms with Crippen molar-refractivity contribution < 1.29 is 9.13 Å². The summed E-state index contributed by atoms with van der Waals surface area (Å²) in [5.74, 6) is 0.215. The van der Waals surface area contributed by atoms with Gasteiger partial charge in [0.2, 0.25) is 0 Å². The number of pyridine rings is 1. The molecule has 2 aromatic rings. The van der Waals surface area contributed by atoms with E-state index >= 15 is 0 Å². The van der Waals surface area contributed by atoms with Crippen molar-refractivity contribution in [3.05, 3.63) is 53.0 Å². The molecule has 0 fully saturated rings. The topological polar surface area (TPSA) is 34.2 Å². The second-order valence-electron chi connectivity index (χ2n) is 4.80. The van der Waals surface area contributed by atoms with Crippen molar-refractivity contribution in [2.24, 2.45) is 0 Å². The van der Waals surface area contributed by atoms with Crippen molar-refractivity contribution in [1.29, 1.82) is 0 Å². The second kappa shape index (κ2) is 6.48. The molecule has 1 heterocycles. The lowest BCUT2D eigenvalue weighted by Gasteiger charge is -2.10. The zero-order valence-electron chi connectivity index (χ0n) is 12.0. The molecule has 0 saturated carbocycles. The number of rotatable bonds is 5. The Morgan fingerprint density at radius 2 is 1.90 bits per heavy atom. The summed E-state index contributed by atoms with van der Waals surface area (Å²) in [5.41, 5.74) is 2.70. The van der Waals surface area contributed by atoms with Crippen molar-refractivity contribution in [3.8, 4) is 11.6 Å². The van der Waals surface area contributed by atoms with Gasteiger partial charge in [-0.15, -0.1) is 0 Å². The first kappa shape index (κ1) is 14.5. The van der Waals surface area contributed by atoms with Gasteiger partial charge >= 0.3 is 0 Å². The normalized spacial score (nSPS) is 10.6. The van der Waals surface area contributed by atoms with Crippen LogP contribution in [0, 0.1) is 19.7 Å². The van der Waals surface area contributed by atoms with Crippen LogP contribution in [0.3, 0.4) is 0 Å². The van der Waals surface area contributed by atoms with Crippen molar-refractivity contribution in [1.82, 2.24) is 10.3 Å². The molecule has 0 spiro atoms. The van der Waals surface area contributed by atoms with Crippen LogP contribution in [0.5, 0.6) is 11.6 Å². The lowest BCUT2D eigenvalue weighted by Crippen LogP contribution is -2.13. The number of benzene rings is 1. The van der Waals surface area contributed by atoms with Gasteiger partial charge < -0.3 is 10.1 Å². The first-order chi connectivity index (χ1) is 9.60. The highest BCUT2D eigenvalue weighted by atomic mass is 19.1. The molecule has 3 nitrogen and oxygen atoms in total. The Bertz CT molecular complexity index is 579. The summed E-state index contributed by atoms with van der Waals surface area (Å²) in [6.07, 6.45) is 1.56. The Kier molecular flexibility index (Phi) is 4.69. The molecule has 0 aliphatic heterocycles. The number of nitrogens with zero attached hydrogens (tertiary/aromatic N) is 1. The number of aromatic nitrogens is 1. The summed E-state index contributed by atoms with van der Waals surface area (Å²) in [4.78, 5) is 3.98. The Balaban J connectivity index is 2.24. The fourth-order valence-electron chi connectivity index (χ4n) is 2.03. The highest BCUT2D eigenvalue weighted by molar-refractivity contribution is 5.36. The van der Waals surface area contributed by atoms with E-state index in [0.717, 1.165) is 17.7 Å². The van der Waals surface area contributed by atoms with Crippen LogP contribution < -0.4 is 10.1 Å². The highest BCUT2D eigenvalue weighted by Crippen LogP contribution is 2.25. The maximum Gasteiger partial charge on any atom is 0.256 e. The molecule has 20 heavy (non-hydrogen) atoms. The third-order valence-electron chi connectivity index (χ3n) is 2.91. The van der Waals surface area contributed by atoms with Crippen molar-refractivity contribution in [2.45, 2.75) is 27.3 Å². The number of aryl methyl sites for hydroxylation is 2. The van der Waals surface area contributed by atoms with E-state index in [-0.39, 0.29) is 5.88 Å². The minimum atomic E-state index is -0.410. The molecule has 2 rings (SSSR count). The first-order valence-electron chi connectivity index (χ1n) is 6.70. The zero-order valence-corrected chi connectivity index (χ0v) is 12.0. The van der Waals surface area contributed by atoms with E-state index in [1.807, 2.05) is 39.0 Å². The molecule has 0 saturated heterocycles. The number of hydrogen-bond donors (Lipinski definition) is 1. The van der Waals surface area contributed by atoms with Crippen LogP contribution in [-0.4, -0.2) is 11.5 Å². The summed E-state index contributed by atoms with van der Waals surface area (Å²) in [5, 5.41) is 3.09. The minimum Gasteiger partial charge on any atom is -0.436 e. The fourth-order valence-corrected chi connectivity index (χ4v) is 2.03. The Morgan fingerprint density at radius 1 is 1.20 bits per heavy atom. The number of hydrogen-bond acceptors (Lipinski definition) is 3. The van der Waals surface area contributed by atoms with Crippen LogP contribution in [0.4, 0.5) is 4.39 Å². The molecule has 4 heteroatoms. The van der Waals surface area contributed by atoms with E-state index in [1.54, 1.807) is 12.3 Å². The maximum absolute atomic E-state index is 14.3. The van der Waals surface area contributed by atoms with Crippen LogP contribution in [0.15, 0.2) is 30.5 Å². The Morgan fingerprint density at radius 3 is 2.55 bits per heavy atom. The van der Waals surface area contributed by atoms with Gasteiger partial charge in [0.25, 0.3) is 5.88 Å². The Hall–Kier alpha value is -1.94. The smallest absolute Gasteiger partial charge is 0.256 e. The molecule has 0 radical (unpaired) electrons. The summed E-state index contributed by atoms with van der Waals surface area (Å²) in [7, 11) is 0. The predicted octanol–water partition coefficient (Wildman–Crippen LogP) is 3.74. The average Bonchev–Trinajstić information content (AvgIpc) is 2.38. The van der Waals surface area contributed by atoms with E-state index in [9.17, 15) is 4.39 Å². The first-order valence-corrected chi connectivity index (χ1v) is 6.70. The maximum atomic E-state index is 14.3. The second-order valence-corrected chi connectivity index (χ2v) is 4.80. The van der Waals surface area contributed by atoms with Crippen LogP contribution in [-0.2, 0) is 6.54 Å². The SMILES string of the molecule is CCNCc1ccnc(Oc2cc(C)cc(C)c2)c1F. The van der Waals surface area contributed by atoms with Gasteiger partial charge in [0.05, 0.1) is 0 Å². The molecule has 1 aromatic carbocycles. The molecular formula is C16H19FN2O. The minimum absolute atomic E-state index is 0.0189. The number of halogens is 1. The summed E-state index contributed by atoms with van der Waals surface area (Å²) >= 11 is 0. The van der Waals surface area contributed by atoms with Gasteiger partial charge in [0.15, 0.2) is 5.82 Å². The van der Waals surface area contributed by atoms with E-state index in [1.165, 1.54) is 0 Å². The average molecular weight is 274 g/mol. The van der Waals surface area contributed by atoms with Crippen molar-refractivity contribution in [3.63, 3.8) is 0 Å².